The van der Waals surface area contributed by atoms with E-state index in [1.807, 2.05) is 0 Å². The van der Waals surface area contributed by atoms with Crippen LogP contribution < -0.4 is 5.32 Å². The normalized spacial score (nSPS) is 17.2. The van der Waals surface area contributed by atoms with Crippen LogP contribution in [0, 0.1) is 5.92 Å². The number of sulfonamides is 1. The summed E-state index contributed by atoms with van der Waals surface area (Å²) in [5.74, 6) is -0.337. The largest absolute Gasteiger partial charge is 0.302 e. The molecule has 0 unspecified atom stereocenters. The molecule has 6 rings (SSSR count). The number of fused-ring (bicyclic) bond motifs is 2. The molecule has 2 aromatic carbocycles. The number of hydrogen-bond donors (Lipinski definition) is 1. The van der Waals surface area contributed by atoms with E-state index in [1.165, 1.54) is 38.2 Å². The smallest absolute Gasteiger partial charge is 0.252 e. The van der Waals surface area contributed by atoms with Gasteiger partial charge in [-0.3, -0.25) is 4.79 Å². The van der Waals surface area contributed by atoms with Crippen LogP contribution in [0.2, 0.25) is 4.34 Å². The van der Waals surface area contributed by atoms with E-state index >= 15 is 0 Å². The Labute approximate surface area is 204 Å². The van der Waals surface area contributed by atoms with Crippen LogP contribution in [0.1, 0.15) is 24.0 Å². The Balaban J connectivity index is 1.18. The molecule has 1 saturated heterocycles. The third-order valence-corrected chi connectivity index (χ3v) is 11.1. The number of amides is 1. The van der Waals surface area contributed by atoms with Gasteiger partial charge < -0.3 is 5.32 Å². The van der Waals surface area contributed by atoms with Crippen LogP contribution in [0.3, 0.4) is 0 Å². The minimum atomic E-state index is -3.56. The number of halogens is 1. The highest BCUT2D eigenvalue weighted by Gasteiger charge is 2.33. The number of rotatable bonds is 4. The van der Waals surface area contributed by atoms with E-state index < -0.39 is 10.0 Å². The molecule has 33 heavy (non-hydrogen) atoms. The van der Waals surface area contributed by atoms with Crippen LogP contribution >= 0.6 is 34.3 Å². The summed E-state index contributed by atoms with van der Waals surface area (Å²) >= 11 is 8.46. The fraction of sp³-hybridized carbons (Fsp3) is 0.304. The van der Waals surface area contributed by atoms with Crippen LogP contribution in [0.5, 0.6) is 0 Å². The maximum absolute atomic E-state index is 12.9. The number of hydrogen-bond acceptors (Lipinski definition) is 6. The second-order valence-electron chi connectivity index (χ2n) is 8.47. The molecule has 0 atom stereocenters. The zero-order valence-corrected chi connectivity index (χ0v) is 20.7. The van der Waals surface area contributed by atoms with Crippen LogP contribution in [0.4, 0.5) is 5.13 Å². The number of thiazole rings is 1. The number of carbonyl (C=O) groups is 1. The molecule has 1 aliphatic heterocycles. The second-order valence-corrected chi connectivity index (χ2v) is 13.4. The SMILES string of the molecule is O=C(Nc1nc2c(cc3c4c(cccc42)CC3)s1)C1CCN(S(=O)(=O)c2ccc(Cl)s2)CC1. The number of piperidine rings is 1. The van der Waals surface area contributed by atoms with E-state index in [1.54, 1.807) is 6.07 Å². The number of thiophene rings is 1. The average Bonchev–Trinajstić information content (AvgIpc) is 3.53. The minimum Gasteiger partial charge on any atom is -0.302 e. The molecule has 2 aliphatic rings. The van der Waals surface area contributed by atoms with Gasteiger partial charge in [0.25, 0.3) is 10.0 Å². The van der Waals surface area contributed by atoms with Crippen LogP contribution in [-0.2, 0) is 27.7 Å². The monoisotopic (exact) mass is 517 g/mol. The number of aryl methyl sites for hydroxylation is 2. The predicted octanol–water partition coefficient (Wildman–Crippen LogP) is 5.30. The Morgan fingerprint density at radius 2 is 1.88 bits per heavy atom. The Bertz CT molecular complexity index is 1520. The fourth-order valence-electron chi connectivity index (χ4n) is 4.89. The van der Waals surface area contributed by atoms with E-state index in [0.29, 0.717) is 35.4 Å². The average molecular weight is 518 g/mol. The Morgan fingerprint density at radius 3 is 2.64 bits per heavy atom. The lowest BCUT2D eigenvalue weighted by Crippen LogP contribution is -2.41. The van der Waals surface area contributed by atoms with Crippen molar-refractivity contribution in [2.45, 2.75) is 29.9 Å². The van der Waals surface area contributed by atoms with Gasteiger partial charge in [0.2, 0.25) is 5.91 Å². The fourth-order valence-corrected chi connectivity index (χ4v) is 8.94. The first-order valence-electron chi connectivity index (χ1n) is 10.8. The Morgan fingerprint density at radius 1 is 1.09 bits per heavy atom. The lowest BCUT2D eigenvalue weighted by Gasteiger charge is -2.29. The van der Waals surface area contributed by atoms with Gasteiger partial charge in [-0.2, -0.15) is 4.31 Å². The van der Waals surface area contributed by atoms with E-state index in [0.717, 1.165) is 39.8 Å². The standard InChI is InChI=1S/C23H20ClN3O3S3/c24-18-6-7-19(32-18)33(29,30)27-10-8-14(9-11-27)22(28)26-23-25-21-16-3-1-2-13-4-5-15(20(13)16)12-17(21)31-23/h1-3,6-7,12,14H,4-5,8-11H2,(H,25,26,28). The molecule has 4 aromatic rings. The van der Waals surface area contributed by atoms with Crippen molar-refractivity contribution in [1.82, 2.24) is 9.29 Å². The molecule has 0 radical (unpaired) electrons. The minimum absolute atomic E-state index is 0.0948. The maximum Gasteiger partial charge on any atom is 0.252 e. The van der Waals surface area contributed by atoms with Gasteiger partial charge in [0.1, 0.15) is 4.21 Å². The van der Waals surface area contributed by atoms with E-state index in [9.17, 15) is 13.2 Å². The Kier molecular flexibility index (Phi) is 5.23. The summed E-state index contributed by atoms with van der Waals surface area (Å²) in [5, 5.41) is 6.06. The summed E-state index contributed by atoms with van der Waals surface area (Å²) in [6.45, 7) is 0.624. The number of aromatic nitrogens is 1. The zero-order valence-electron chi connectivity index (χ0n) is 17.5. The topological polar surface area (TPSA) is 79.4 Å². The highest BCUT2D eigenvalue weighted by Crippen LogP contribution is 2.39. The molecular weight excluding hydrogens is 498 g/mol. The first-order valence-corrected chi connectivity index (χ1v) is 14.3. The van der Waals surface area contributed by atoms with E-state index in [4.69, 9.17) is 16.6 Å². The number of benzene rings is 2. The van der Waals surface area contributed by atoms with Crippen molar-refractivity contribution in [3.63, 3.8) is 0 Å². The molecular formula is C23H20ClN3O3S3. The molecule has 1 aliphatic carbocycles. The van der Waals surface area contributed by atoms with Crippen LogP contribution in [-0.4, -0.2) is 36.7 Å². The van der Waals surface area contributed by atoms with E-state index in [2.05, 4.69) is 29.6 Å². The van der Waals surface area contributed by atoms with Gasteiger partial charge in [-0.1, -0.05) is 41.1 Å². The van der Waals surface area contributed by atoms with Crippen LogP contribution in [0.15, 0.2) is 40.6 Å². The first-order chi connectivity index (χ1) is 15.9. The third kappa shape index (κ3) is 3.66. The summed E-state index contributed by atoms with van der Waals surface area (Å²) in [6.07, 6.45) is 3.07. The van der Waals surface area contributed by atoms with E-state index in [-0.39, 0.29) is 16.0 Å². The summed E-state index contributed by atoms with van der Waals surface area (Å²) < 4.78 is 28.8. The number of nitrogens with one attached hydrogen (secondary N) is 1. The zero-order chi connectivity index (χ0) is 22.7. The molecule has 6 nitrogen and oxygen atoms in total. The molecule has 3 heterocycles. The molecule has 10 heteroatoms. The van der Waals surface area contributed by atoms with Gasteiger partial charge in [0.15, 0.2) is 5.13 Å². The van der Waals surface area contributed by atoms with Crippen molar-refractivity contribution < 1.29 is 13.2 Å². The summed E-state index contributed by atoms with van der Waals surface area (Å²) in [4.78, 5) is 17.7. The highest BCUT2D eigenvalue weighted by atomic mass is 35.5. The van der Waals surface area contributed by atoms with Crippen molar-refractivity contribution in [1.29, 1.82) is 0 Å². The van der Waals surface area contributed by atoms with Gasteiger partial charge in [0, 0.05) is 24.4 Å². The number of anilines is 1. The molecule has 1 fully saturated rings. The molecule has 0 bridgehead atoms. The van der Waals surface area contributed by atoms with Crippen molar-refractivity contribution in [3.8, 4) is 0 Å². The van der Waals surface area contributed by atoms with Crippen molar-refractivity contribution in [3.05, 3.63) is 51.9 Å². The molecule has 2 aromatic heterocycles. The van der Waals surface area contributed by atoms with Gasteiger partial charge in [-0.15, -0.1) is 11.3 Å². The molecule has 1 N–H and O–H groups in total. The molecule has 0 saturated carbocycles. The predicted molar refractivity (Wildman–Crippen MR) is 134 cm³/mol. The lowest BCUT2D eigenvalue weighted by molar-refractivity contribution is -0.120. The van der Waals surface area contributed by atoms with Crippen LogP contribution in [0.25, 0.3) is 21.0 Å². The summed E-state index contributed by atoms with van der Waals surface area (Å²) in [7, 11) is -3.56. The van der Waals surface area contributed by atoms with Crippen molar-refractivity contribution in [2.75, 3.05) is 18.4 Å². The Hall–Kier alpha value is -2.04. The molecule has 0 spiro atoms. The maximum atomic E-state index is 12.9. The quantitative estimate of drug-likeness (QED) is 0.398. The highest BCUT2D eigenvalue weighted by molar-refractivity contribution is 7.91. The van der Waals surface area contributed by atoms with Gasteiger partial charge >= 0.3 is 0 Å². The first kappa shape index (κ1) is 21.5. The summed E-state index contributed by atoms with van der Waals surface area (Å²) in [5.41, 5.74) is 3.66. The van der Waals surface area contributed by atoms with Gasteiger partial charge in [0.05, 0.1) is 14.6 Å². The molecule has 170 valence electrons. The van der Waals surface area contributed by atoms with Gasteiger partial charge in [-0.25, -0.2) is 13.4 Å². The summed E-state index contributed by atoms with van der Waals surface area (Å²) in [6, 6.07) is 11.7. The van der Waals surface area contributed by atoms with Crippen molar-refractivity contribution >= 4 is 76.3 Å². The molecule has 1 amide bonds. The second kappa shape index (κ2) is 8.02. The number of nitrogens with zero attached hydrogens (tertiary/aromatic N) is 2. The lowest BCUT2D eigenvalue weighted by atomic mass is 9.97. The number of carbonyl (C=O) groups excluding carboxylic acids is 1. The third-order valence-electron chi connectivity index (χ3n) is 6.55. The van der Waals surface area contributed by atoms with Crippen molar-refractivity contribution in [2.24, 2.45) is 5.92 Å². The van der Waals surface area contributed by atoms with Gasteiger partial charge in [-0.05, 0) is 60.4 Å².